The number of nitrogens with one attached hydrogen (secondary N) is 2. The Labute approximate surface area is 404 Å². The van der Waals surface area contributed by atoms with Crippen molar-refractivity contribution in [2.75, 3.05) is 43.6 Å². The van der Waals surface area contributed by atoms with E-state index in [0.717, 1.165) is 29.6 Å². The summed E-state index contributed by atoms with van der Waals surface area (Å²) in [6, 6.07) is 7.12. The van der Waals surface area contributed by atoms with Gasteiger partial charge in [-0.05, 0) is 95.9 Å². The number of nitrogens with zero attached hydrogens (tertiary/aromatic N) is 8. The Hall–Kier alpha value is -7.37. The van der Waals surface area contributed by atoms with E-state index in [2.05, 4.69) is 25.7 Å². The van der Waals surface area contributed by atoms with E-state index in [0.29, 0.717) is 75.1 Å². The van der Waals surface area contributed by atoms with Crippen LogP contribution in [0.5, 0.6) is 0 Å². The largest absolute Gasteiger partial charge is 0.444 e. The number of rotatable bonds is 17. The summed E-state index contributed by atoms with van der Waals surface area (Å²) < 4.78 is 61.6. The van der Waals surface area contributed by atoms with Crippen molar-refractivity contribution in [2.24, 2.45) is 18.7 Å². The van der Waals surface area contributed by atoms with Crippen molar-refractivity contribution in [3.05, 3.63) is 76.4 Å². The number of anilines is 2. The molecule has 4 aromatic heterocycles. The minimum absolute atomic E-state index is 0.00425. The second-order valence-corrected chi connectivity index (χ2v) is 18.6. The molecule has 6 amide bonds. The smallest absolute Gasteiger partial charge is 0.416 e. The van der Waals surface area contributed by atoms with Crippen LogP contribution in [0.2, 0.25) is 0 Å². The molecular formula is C47H56F3N11O10. The van der Waals surface area contributed by atoms with Crippen molar-refractivity contribution in [3.8, 4) is 11.5 Å². The SMILES string of the molecule is CN(CCCOCCCc1cccc2c1n(C)c(=O)n2C1CCC(=O)NC1=O)C(=O)C1CCC(n2cc(NC(=O)c3coc(-c4ccnc(N(CC(F)(F)F)C(=O)OC(C)(C)C)c4)n3)c(C(N)=O)n2)CC1. The summed E-state index contributed by atoms with van der Waals surface area (Å²) in [6.07, 6.45) is 2.12. The number of halogens is 3. The highest BCUT2D eigenvalue weighted by molar-refractivity contribution is 6.07. The fourth-order valence-corrected chi connectivity index (χ4v) is 8.81. The molecule has 5 aromatic rings. The average Bonchev–Trinajstić information content (AvgIpc) is 4.04. The molecule has 2 aliphatic rings. The normalized spacial score (nSPS) is 17.5. The fraction of sp³-hybridized carbons (Fsp3) is 0.489. The van der Waals surface area contributed by atoms with Gasteiger partial charge in [0.25, 0.3) is 11.8 Å². The molecule has 1 unspecified atom stereocenters. The molecule has 0 bridgehead atoms. The van der Waals surface area contributed by atoms with Crippen LogP contribution in [0.4, 0.5) is 29.5 Å². The number of imide groups is 1. The van der Waals surface area contributed by atoms with E-state index in [1.807, 2.05) is 12.1 Å². The maximum atomic E-state index is 13.5. The van der Waals surface area contributed by atoms with Gasteiger partial charge in [0.05, 0.1) is 22.8 Å². The molecule has 380 valence electrons. The van der Waals surface area contributed by atoms with Crippen LogP contribution in [0.3, 0.4) is 0 Å². The van der Waals surface area contributed by atoms with Gasteiger partial charge in [0.1, 0.15) is 30.3 Å². The molecule has 4 N–H and O–H groups in total. The van der Waals surface area contributed by atoms with Gasteiger partial charge >= 0.3 is 18.0 Å². The summed E-state index contributed by atoms with van der Waals surface area (Å²) in [5, 5.41) is 9.27. The fourth-order valence-electron chi connectivity index (χ4n) is 8.81. The van der Waals surface area contributed by atoms with Gasteiger partial charge in [-0.3, -0.25) is 48.0 Å². The van der Waals surface area contributed by atoms with E-state index in [4.69, 9.17) is 19.6 Å². The van der Waals surface area contributed by atoms with Crippen LogP contribution in [-0.2, 0) is 37.3 Å². The second-order valence-electron chi connectivity index (χ2n) is 18.6. The number of hydrogen-bond donors (Lipinski definition) is 3. The lowest BCUT2D eigenvalue weighted by Crippen LogP contribution is -2.44. The van der Waals surface area contributed by atoms with E-state index < -0.39 is 54.0 Å². The van der Waals surface area contributed by atoms with Crippen molar-refractivity contribution in [3.63, 3.8) is 0 Å². The maximum Gasteiger partial charge on any atom is 0.416 e. The number of nitrogens with two attached hydrogens (primary N) is 1. The van der Waals surface area contributed by atoms with Crippen LogP contribution >= 0.6 is 0 Å². The predicted molar refractivity (Wildman–Crippen MR) is 249 cm³/mol. The quantitative estimate of drug-likeness (QED) is 0.0775. The van der Waals surface area contributed by atoms with Crippen molar-refractivity contribution in [1.29, 1.82) is 0 Å². The topological polar surface area (TPSA) is 261 Å². The monoisotopic (exact) mass is 991 g/mol. The van der Waals surface area contributed by atoms with Gasteiger partial charge in [0.2, 0.25) is 23.6 Å². The Kier molecular flexibility index (Phi) is 15.5. The van der Waals surface area contributed by atoms with E-state index in [1.54, 1.807) is 29.7 Å². The first-order valence-electron chi connectivity index (χ1n) is 23.1. The number of hydrogen-bond acceptors (Lipinski definition) is 13. The van der Waals surface area contributed by atoms with E-state index in [-0.39, 0.29) is 70.8 Å². The molecule has 1 saturated heterocycles. The Morgan fingerprint density at radius 1 is 1.01 bits per heavy atom. The zero-order valence-corrected chi connectivity index (χ0v) is 39.9. The summed E-state index contributed by atoms with van der Waals surface area (Å²) >= 11 is 0. The molecule has 7 rings (SSSR count). The third-order valence-electron chi connectivity index (χ3n) is 12.2. The molecule has 71 heavy (non-hydrogen) atoms. The number of carbonyl (C=O) groups is 6. The Morgan fingerprint density at radius 2 is 1.75 bits per heavy atom. The number of carbonyl (C=O) groups excluding carboxylic acids is 6. The number of imidazole rings is 1. The lowest BCUT2D eigenvalue weighted by atomic mass is 9.85. The number of piperidine rings is 1. The molecule has 1 atom stereocenters. The molecule has 1 saturated carbocycles. The minimum Gasteiger partial charge on any atom is -0.444 e. The molecule has 1 aliphatic heterocycles. The maximum absolute atomic E-state index is 13.5. The summed E-state index contributed by atoms with van der Waals surface area (Å²) in [5.74, 6) is -3.35. The van der Waals surface area contributed by atoms with Crippen LogP contribution in [0.15, 0.2) is 58.2 Å². The number of primary amides is 1. The summed E-state index contributed by atoms with van der Waals surface area (Å²) in [7, 11) is 3.43. The third-order valence-corrected chi connectivity index (χ3v) is 12.2. The highest BCUT2D eigenvalue weighted by Gasteiger charge is 2.37. The van der Waals surface area contributed by atoms with E-state index in [1.165, 1.54) is 42.2 Å². The number of aryl methyl sites for hydroxylation is 2. The highest BCUT2D eigenvalue weighted by Crippen LogP contribution is 2.35. The number of oxazole rings is 1. The molecule has 24 heteroatoms. The standard InChI is InChI=1S/C47H56F3N11O10/c1-46(2,3)71-45(68)59(26-47(48,49)50)35-23-29(18-19-52-35)42-54-32(25-70-42)40(64)53-31-24-60(56-37(31)39(51)63)30-14-12-28(13-15-30)43(66)57(4)20-8-22-69-21-7-10-27-9-6-11-33-38(27)58(5)44(67)61(33)34-16-17-36(62)55-41(34)65/h6,9,11,18-19,23-25,28,30,34H,7-8,10,12-17,20-22,26H2,1-5H3,(H2,51,63)(H,53,64)(H,55,62,65). The molecular weight excluding hydrogens is 936 g/mol. The van der Waals surface area contributed by atoms with Gasteiger partial charge in [-0.25, -0.2) is 19.6 Å². The van der Waals surface area contributed by atoms with Gasteiger partial charge < -0.3 is 29.8 Å². The van der Waals surface area contributed by atoms with Crippen LogP contribution in [0, 0.1) is 5.92 Å². The zero-order chi connectivity index (χ0) is 51.4. The zero-order valence-electron chi connectivity index (χ0n) is 39.9. The summed E-state index contributed by atoms with van der Waals surface area (Å²) in [4.78, 5) is 99.6. The lowest BCUT2D eigenvalue weighted by Gasteiger charge is -2.30. The Bertz CT molecular complexity index is 2870. The van der Waals surface area contributed by atoms with Crippen LogP contribution in [0.25, 0.3) is 22.5 Å². The summed E-state index contributed by atoms with van der Waals surface area (Å²) in [5.41, 5.74) is 6.16. The van der Waals surface area contributed by atoms with Gasteiger partial charge in [-0.2, -0.15) is 18.3 Å². The van der Waals surface area contributed by atoms with Crippen molar-refractivity contribution >= 4 is 58.2 Å². The molecule has 0 radical (unpaired) electrons. The number of pyridine rings is 1. The number of fused-ring (bicyclic) bond motifs is 1. The predicted octanol–water partition coefficient (Wildman–Crippen LogP) is 5.45. The van der Waals surface area contributed by atoms with Crippen LogP contribution < -0.4 is 27.0 Å². The molecule has 1 aliphatic carbocycles. The number of ether oxygens (including phenoxy) is 2. The minimum atomic E-state index is -4.79. The molecule has 1 aromatic carbocycles. The number of para-hydroxylation sites is 1. The number of alkyl halides is 3. The number of benzene rings is 1. The third kappa shape index (κ3) is 12.3. The van der Waals surface area contributed by atoms with Crippen LogP contribution in [-0.4, -0.2) is 115 Å². The van der Waals surface area contributed by atoms with Crippen molar-refractivity contribution < 1.29 is 55.8 Å². The molecule has 2 fully saturated rings. The van der Waals surface area contributed by atoms with E-state index >= 15 is 0 Å². The highest BCUT2D eigenvalue weighted by atomic mass is 19.4. The van der Waals surface area contributed by atoms with E-state index in [9.17, 15) is 46.7 Å². The van der Waals surface area contributed by atoms with Gasteiger partial charge in [-0.15, -0.1) is 0 Å². The Balaban J connectivity index is 0.870. The first kappa shape index (κ1) is 51.5. The molecule has 21 nitrogen and oxygen atoms in total. The Morgan fingerprint density at radius 3 is 2.44 bits per heavy atom. The first-order chi connectivity index (χ1) is 33.6. The molecule has 5 heterocycles. The van der Waals surface area contributed by atoms with Gasteiger partial charge in [0, 0.05) is 64.1 Å². The van der Waals surface area contributed by atoms with Gasteiger partial charge in [0.15, 0.2) is 11.4 Å². The summed E-state index contributed by atoms with van der Waals surface area (Å²) in [6.45, 7) is 4.22. The van der Waals surface area contributed by atoms with Crippen LogP contribution in [0.1, 0.15) is 111 Å². The number of amides is 6. The van der Waals surface area contributed by atoms with Crippen molar-refractivity contribution in [1.82, 2.24) is 39.1 Å². The van der Waals surface area contributed by atoms with Gasteiger partial charge in [-0.1, -0.05) is 12.1 Å². The lowest BCUT2D eigenvalue weighted by molar-refractivity contribution is -0.136. The average molecular weight is 992 g/mol. The first-order valence-corrected chi connectivity index (χ1v) is 23.1. The molecule has 0 spiro atoms. The second kappa shape index (κ2) is 21.3. The van der Waals surface area contributed by atoms with Crippen molar-refractivity contribution in [2.45, 2.75) is 102 Å². The number of aromatic nitrogens is 6.